The minimum Gasteiger partial charge on any atom is -0.495 e. The normalized spacial score (nSPS) is 11.3. The first kappa shape index (κ1) is 24.3. The predicted octanol–water partition coefficient (Wildman–Crippen LogP) is 5.61. The molecule has 0 unspecified atom stereocenters. The molecule has 0 aliphatic heterocycles. The molecule has 180 valence electrons. The molecule has 0 bridgehead atoms. The van der Waals surface area contributed by atoms with E-state index in [1.165, 1.54) is 11.4 Å². The molecule has 0 fully saturated rings. The van der Waals surface area contributed by atoms with Gasteiger partial charge in [0.1, 0.15) is 12.3 Å². The number of ether oxygens (including phenoxy) is 1. The van der Waals surface area contributed by atoms with E-state index in [0.29, 0.717) is 22.5 Å². The van der Waals surface area contributed by atoms with Gasteiger partial charge in [-0.1, -0.05) is 60.7 Å². The molecule has 1 amide bonds. The topological polar surface area (TPSA) is 75.7 Å². The zero-order valence-corrected chi connectivity index (χ0v) is 21.0. The SMILES string of the molecule is COc1cccc(C)c1NC(=O)CN(c1cccc(C)c1C)S(=O)(=O)c1cccc2ccccc12. The smallest absolute Gasteiger partial charge is 0.265 e. The van der Waals surface area contributed by atoms with E-state index in [4.69, 9.17) is 4.74 Å². The van der Waals surface area contributed by atoms with Gasteiger partial charge in [-0.2, -0.15) is 0 Å². The predicted molar refractivity (Wildman–Crippen MR) is 141 cm³/mol. The van der Waals surface area contributed by atoms with E-state index in [2.05, 4.69) is 5.32 Å². The van der Waals surface area contributed by atoms with Crippen molar-refractivity contribution >= 4 is 38.1 Å². The maximum Gasteiger partial charge on any atom is 0.265 e. The molecule has 0 saturated carbocycles. The number of amides is 1. The molecule has 7 heteroatoms. The second-order valence-electron chi connectivity index (χ2n) is 8.41. The summed E-state index contributed by atoms with van der Waals surface area (Å²) in [5.74, 6) is 0.0378. The van der Waals surface area contributed by atoms with Crippen molar-refractivity contribution in [3.05, 3.63) is 95.6 Å². The lowest BCUT2D eigenvalue weighted by atomic mass is 10.1. The van der Waals surface area contributed by atoms with Crippen molar-refractivity contribution in [2.24, 2.45) is 0 Å². The lowest BCUT2D eigenvalue weighted by Gasteiger charge is -2.27. The Morgan fingerprint density at radius 1 is 0.857 bits per heavy atom. The lowest BCUT2D eigenvalue weighted by molar-refractivity contribution is -0.114. The number of fused-ring (bicyclic) bond motifs is 1. The van der Waals surface area contributed by atoms with Crippen LogP contribution in [0.4, 0.5) is 11.4 Å². The van der Waals surface area contributed by atoms with Gasteiger partial charge in [0, 0.05) is 5.39 Å². The Morgan fingerprint density at radius 3 is 2.29 bits per heavy atom. The van der Waals surface area contributed by atoms with E-state index in [0.717, 1.165) is 22.1 Å². The minimum absolute atomic E-state index is 0.151. The molecule has 4 rings (SSSR count). The number of sulfonamides is 1. The van der Waals surface area contributed by atoms with Gasteiger partial charge in [0.2, 0.25) is 5.91 Å². The van der Waals surface area contributed by atoms with Crippen LogP contribution in [0.15, 0.2) is 83.8 Å². The first-order valence-corrected chi connectivity index (χ1v) is 12.7. The van der Waals surface area contributed by atoms with Crippen LogP contribution in [0.1, 0.15) is 16.7 Å². The van der Waals surface area contributed by atoms with E-state index in [-0.39, 0.29) is 4.90 Å². The number of hydrogen-bond acceptors (Lipinski definition) is 4. The van der Waals surface area contributed by atoms with Crippen LogP contribution in [-0.2, 0) is 14.8 Å². The first-order valence-electron chi connectivity index (χ1n) is 11.2. The number of hydrogen-bond donors (Lipinski definition) is 1. The van der Waals surface area contributed by atoms with Crippen LogP contribution in [0.2, 0.25) is 0 Å². The van der Waals surface area contributed by atoms with Gasteiger partial charge in [-0.15, -0.1) is 0 Å². The fraction of sp³-hybridized carbons (Fsp3) is 0.179. The standard InChI is InChI=1S/C28H28N2O4S/c1-19-10-7-15-24(21(19)3)30(18-27(31)29-28-20(2)11-8-16-25(28)34-4)35(32,33)26-17-9-13-22-12-5-6-14-23(22)26/h5-17H,18H2,1-4H3,(H,29,31). The summed E-state index contributed by atoms with van der Waals surface area (Å²) in [4.78, 5) is 13.4. The monoisotopic (exact) mass is 488 g/mol. The Bertz CT molecular complexity index is 1510. The summed E-state index contributed by atoms with van der Waals surface area (Å²) in [5, 5.41) is 4.27. The summed E-state index contributed by atoms with van der Waals surface area (Å²) in [7, 11) is -2.57. The molecule has 1 N–H and O–H groups in total. The number of carbonyl (C=O) groups excluding carboxylic acids is 1. The zero-order chi connectivity index (χ0) is 25.2. The number of nitrogens with one attached hydrogen (secondary N) is 1. The minimum atomic E-state index is -4.09. The number of carbonyl (C=O) groups is 1. The highest BCUT2D eigenvalue weighted by Crippen LogP contribution is 2.33. The molecular weight excluding hydrogens is 460 g/mol. The van der Waals surface area contributed by atoms with Crippen LogP contribution in [0.25, 0.3) is 10.8 Å². The summed E-state index contributed by atoms with van der Waals surface area (Å²) < 4.78 is 34.8. The van der Waals surface area contributed by atoms with Crippen LogP contribution in [0, 0.1) is 20.8 Å². The average Bonchev–Trinajstić information content (AvgIpc) is 2.85. The van der Waals surface area contributed by atoms with Gasteiger partial charge in [0.05, 0.1) is 23.4 Å². The quantitative estimate of drug-likeness (QED) is 0.367. The van der Waals surface area contributed by atoms with Gasteiger partial charge < -0.3 is 10.1 Å². The lowest BCUT2D eigenvalue weighted by Crippen LogP contribution is -2.38. The van der Waals surface area contributed by atoms with E-state index in [9.17, 15) is 13.2 Å². The van der Waals surface area contributed by atoms with Crippen LogP contribution in [0.5, 0.6) is 5.75 Å². The molecule has 4 aromatic carbocycles. The van der Waals surface area contributed by atoms with Crippen LogP contribution in [-0.4, -0.2) is 28.0 Å². The van der Waals surface area contributed by atoms with Crippen molar-refractivity contribution < 1.29 is 17.9 Å². The van der Waals surface area contributed by atoms with Gasteiger partial charge in [-0.25, -0.2) is 8.42 Å². The fourth-order valence-electron chi connectivity index (χ4n) is 4.13. The van der Waals surface area contributed by atoms with Gasteiger partial charge in [0.25, 0.3) is 10.0 Å². The Balaban J connectivity index is 1.81. The van der Waals surface area contributed by atoms with Crippen LogP contribution >= 0.6 is 0 Å². The molecule has 0 aliphatic carbocycles. The number of methoxy groups -OCH3 is 1. The number of aryl methyl sites for hydroxylation is 2. The Labute approximate surface area is 206 Å². The highest BCUT2D eigenvalue weighted by atomic mass is 32.2. The summed E-state index contributed by atoms with van der Waals surface area (Å²) in [6.45, 7) is 5.24. The van der Waals surface area contributed by atoms with E-state index in [1.807, 2.05) is 57.2 Å². The van der Waals surface area contributed by atoms with E-state index in [1.54, 1.807) is 42.5 Å². The molecule has 0 aliphatic rings. The van der Waals surface area contributed by atoms with Crippen molar-refractivity contribution in [1.29, 1.82) is 0 Å². The third-order valence-electron chi connectivity index (χ3n) is 6.17. The van der Waals surface area contributed by atoms with E-state index < -0.39 is 22.5 Å². The van der Waals surface area contributed by atoms with Crippen molar-refractivity contribution in [3.63, 3.8) is 0 Å². The molecule has 6 nitrogen and oxygen atoms in total. The van der Waals surface area contributed by atoms with Gasteiger partial charge in [-0.05, 0) is 61.0 Å². The van der Waals surface area contributed by atoms with Crippen LogP contribution in [0.3, 0.4) is 0 Å². The molecule has 0 heterocycles. The molecule has 0 saturated heterocycles. The molecule has 0 radical (unpaired) electrons. The number of rotatable bonds is 7. The number of nitrogens with zero attached hydrogens (tertiary/aromatic N) is 1. The third-order valence-corrected chi connectivity index (χ3v) is 7.99. The summed E-state index contributed by atoms with van der Waals surface area (Å²) in [6.07, 6.45) is 0. The Morgan fingerprint density at radius 2 is 1.51 bits per heavy atom. The highest BCUT2D eigenvalue weighted by molar-refractivity contribution is 7.93. The molecule has 0 spiro atoms. The largest absolute Gasteiger partial charge is 0.495 e. The summed E-state index contributed by atoms with van der Waals surface area (Å²) >= 11 is 0. The average molecular weight is 489 g/mol. The van der Waals surface area contributed by atoms with Crippen molar-refractivity contribution in [1.82, 2.24) is 0 Å². The molecule has 0 aromatic heterocycles. The maximum atomic E-state index is 14.1. The number of benzene rings is 4. The first-order chi connectivity index (χ1) is 16.7. The Hall–Kier alpha value is -3.84. The molecule has 35 heavy (non-hydrogen) atoms. The second kappa shape index (κ2) is 9.80. The third kappa shape index (κ3) is 4.72. The van der Waals surface area contributed by atoms with Crippen molar-refractivity contribution in [3.8, 4) is 5.75 Å². The summed E-state index contributed by atoms with van der Waals surface area (Å²) in [6, 6.07) is 23.4. The fourth-order valence-corrected chi connectivity index (χ4v) is 5.82. The zero-order valence-electron chi connectivity index (χ0n) is 20.2. The molecule has 0 atom stereocenters. The highest BCUT2D eigenvalue weighted by Gasteiger charge is 2.30. The van der Waals surface area contributed by atoms with Crippen molar-refractivity contribution in [2.45, 2.75) is 25.7 Å². The number of anilines is 2. The van der Waals surface area contributed by atoms with Gasteiger partial charge in [0.15, 0.2) is 0 Å². The molecule has 4 aromatic rings. The van der Waals surface area contributed by atoms with Gasteiger partial charge >= 0.3 is 0 Å². The second-order valence-corrected chi connectivity index (χ2v) is 10.2. The number of para-hydroxylation sites is 1. The van der Waals surface area contributed by atoms with Crippen molar-refractivity contribution in [2.75, 3.05) is 23.3 Å². The Kier molecular flexibility index (Phi) is 6.80. The summed E-state index contributed by atoms with van der Waals surface area (Å²) in [5.41, 5.74) is 3.51. The van der Waals surface area contributed by atoms with E-state index >= 15 is 0 Å². The maximum absolute atomic E-state index is 14.1. The van der Waals surface area contributed by atoms with Crippen LogP contribution < -0.4 is 14.4 Å². The van der Waals surface area contributed by atoms with Gasteiger partial charge in [-0.3, -0.25) is 9.10 Å². The molecular formula is C28H28N2O4S.